The highest BCUT2D eigenvalue weighted by Crippen LogP contribution is 2.24. The van der Waals surface area contributed by atoms with Crippen molar-refractivity contribution in [1.29, 1.82) is 0 Å². The van der Waals surface area contributed by atoms with Crippen molar-refractivity contribution in [3.63, 3.8) is 0 Å². The topological polar surface area (TPSA) is 39.2 Å². The molecule has 3 aromatic rings. The van der Waals surface area contributed by atoms with Gasteiger partial charge in [-0.05, 0) is 19.1 Å². The zero-order valence-corrected chi connectivity index (χ0v) is 13.0. The zero-order chi connectivity index (χ0) is 15.4. The molecule has 22 heavy (non-hydrogen) atoms. The van der Waals surface area contributed by atoms with Gasteiger partial charge in [-0.1, -0.05) is 48.0 Å². The van der Waals surface area contributed by atoms with Gasteiger partial charge in [0.15, 0.2) is 0 Å². The van der Waals surface area contributed by atoms with E-state index < -0.39 is 0 Å². The number of thiazole rings is 1. The minimum atomic E-state index is -0.299. The Bertz CT molecular complexity index is 763. The monoisotopic (exact) mass is 309 g/mol. The molecule has 4 heteroatoms. The van der Waals surface area contributed by atoms with Crippen molar-refractivity contribution in [3.05, 3.63) is 71.2 Å². The van der Waals surface area contributed by atoms with E-state index in [-0.39, 0.29) is 12.4 Å². The molecule has 0 N–H and O–H groups in total. The summed E-state index contributed by atoms with van der Waals surface area (Å²) in [6.45, 7) is 2.05. The molecule has 0 saturated carbocycles. The third-order valence-electron chi connectivity index (χ3n) is 3.15. The quantitative estimate of drug-likeness (QED) is 0.534. The van der Waals surface area contributed by atoms with E-state index in [4.69, 9.17) is 4.74 Å². The number of hydrogen-bond donors (Lipinski definition) is 0. The second-order valence-corrected chi connectivity index (χ2v) is 5.83. The average molecular weight is 309 g/mol. The first-order valence-corrected chi connectivity index (χ1v) is 7.86. The Hall–Kier alpha value is -2.46. The predicted octanol–water partition coefficient (Wildman–Crippen LogP) is 4.27. The second-order valence-electron chi connectivity index (χ2n) is 4.97. The molecule has 0 aliphatic rings. The number of hydrogen-bond acceptors (Lipinski definition) is 4. The Morgan fingerprint density at radius 1 is 1.09 bits per heavy atom. The van der Waals surface area contributed by atoms with Gasteiger partial charge in [-0.2, -0.15) is 0 Å². The number of nitrogens with zero attached hydrogens (tertiary/aromatic N) is 1. The highest BCUT2D eigenvalue weighted by molar-refractivity contribution is 7.13. The summed E-state index contributed by atoms with van der Waals surface area (Å²) in [4.78, 5) is 16.4. The van der Waals surface area contributed by atoms with Crippen LogP contribution in [-0.2, 0) is 11.2 Å². The molecule has 0 fully saturated rings. The van der Waals surface area contributed by atoms with Gasteiger partial charge in [0.1, 0.15) is 10.8 Å². The van der Waals surface area contributed by atoms with Gasteiger partial charge in [-0.3, -0.25) is 4.79 Å². The fraction of sp³-hybridized carbons (Fsp3) is 0.111. The van der Waals surface area contributed by atoms with Crippen LogP contribution in [0.25, 0.3) is 10.6 Å². The number of para-hydroxylation sites is 1. The first-order chi connectivity index (χ1) is 10.7. The molecule has 2 aromatic carbocycles. The van der Waals surface area contributed by atoms with E-state index >= 15 is 0 Å². The maximum Gasteiger partial charge on any atom is 0.317 e. The average Bonchev–Trinajstić information content (AvgIpc) is 2.97. The van der Waals surface area contributed by atoms with Crippen LogP contribution in [0.1, 0.15) is 11.3 Å². The number of carbonyl (C=O) groups excluding carboxylic acids is 1. The van der Waals surface area contributed by atoms with Gasteiger partial charge in [-0.25, -0.2) is 4.98 Å². The second kappa shape index (κ2) is 6.54. The molecule has 0 radical (unpaired) electrons. The van der Waals surface area contributed by atoms with Crippen molar-refractivity contribution in [2.24, 2.45) is 0 Å². The van der Waals surface area contributed by atoms with Crippen LogP contribution in [0.5, 0.6) is 5.75 Å². The summed E-state index contributed by atoms with van der Waals surface area (Å²) in [6.07, 6.45) is 0.178. The Balaban J connectivity index is 1.66. The maximum absolute atomic E-state index is 11.9. The highest BCUT2D eigenvalue weighted by atomic mass is 32.1. The summed E-state index contributed by atoms with van der Waals surface area (Å²) < 4.78 is 5.27. The third-order valence-corrected chi connectivity index (χ3v) is 4.09. The summed E-state index contributed by atoms with van der Waals surface area (Å²) in [5.41, 5.74) is 3.02. The minimum Gasteiger partial charge on any atom is -0.426 e. The summed E-state index contributed by atoms with van der Waals surface area (Å²) >= 11 is 1.54. The van der Waals surface area contributed by atoms with E-state index in [1.807, 2.05) is 35.7 Å². The summed E-state index contributed by atoms with van der Waals surface area (Å²) in [7, 11) is 0. The lowest BCUT2D eigenvalue weighted by atomic mass is 10.2. The van der Waals surface area contributed by atoms with Crippen LogP contribution in [0.4, 0.5) is 0 Å². The first kappa shape index (κ1) is 14.5. The van der Waals surface area contributed by atoms with Gasteiger partial charge in [0.25, 0.3) is 0 Å². The van der Waals surface area contributed by atoms with Crippen LogP contribution in [0.2, 0.25) is 0 Å². The summed E-state index contributed by atoms with van der Waals surface area (Å²) in [5.74, 6) is 0.258. The Labute approximate surface area is 133 Å². The molecular formula is C18H15NO2S. The van der Waals surface area contributed by atoms with E-state index in [0.29, 0.717) is 5.75 Å². The standard InChI is InChI=1S/C18H15NO2S/c1-13-7-9-14(10-8-13)18-19-15(12-22-18)11-17(20)21-16-5-3-2-4-6-16/h2-10,12H,11H2,1H3. The van der Waals surface area contributed by atoms with Crippen molar-refractivity contribution in [1.82, 2.24) is 4.98 Å². The number of benzene rings is 2. The van der Waals surface area contributed by atoms with E-state index in [2.05, 4.69) is 24.0 Å². The molecule has 0 atom stereocenters. The van der Waals surface area contributed by atoms with Gasteiger partial charge >= 0.3 is 5.97 Å². The predicted molar refractivity (Wildman–Crippen MR) is 88.1 cm³/mol. The number of aromatic nitrogens is 1. The Morgan fingerprint density at radius 2 is 1.82 bits per heavy atom. The van der Waals surface area contributed by atoms with Crippen molar-refractivity contribution in [3.8, 4) is 16.3 Å². The van der Waals surface area contributed by atoms with Crippen LogP contribution >= 0.6 is 11.3 Å². The van der Waals surface area contributed by atoms with Crippen molar-refractivity contribution in [2.45, 2.75) is 13.3 Å². The molecule has 3 rings (SSSR count). The largest absolute Gasteiger partial charge is 0.426 e. The fourth-order valence-electron chi connectivity index (χ4n) is 2.02. The molecule has 0 spiro atoms. The lowest BCUT2D eigenvalue weighted by molar-refractivity contribution is -0.133. The number of carbonyl (C=O) groups is 1. The van der Waals surface area contributed by atoms with Gasteiger partial charge < -0.3 is 4.74 Å². The smallest absolute Gasteiger partial charge is 0.317 e. The molecule has 1 heterocycles. The molecule has 0 aliphatic carbocycles. The van der Waals surface area contributed by atoms with Gasteiger partial charge in [0.05, 0.1) is 12.1 Å². The molecule has 0 bridgehead atoms. The maximum atomic E-state index is 11.9. The zero-order valence-electron chi connectivity index (χ0n) is 12.2. The lowest BCUT2D eigenvalue weighted by Crippen LogP contribution is -2.11. The molecular weight excluding hydrogens is 294 g/mol. The van der Waals surface area contributed by atoms with E-state index in [9.17, 15) is 4.79 Å². The highest BCUT2D eigenvalue weighted by Gasteiger charge is 2.10. The van der Waals surface area contributed by atoms with Crippen molar-refractivity contribution >= 4 is 17.3 Å². The fourth-order valence-corrected chi connectivity index (χ4v) is 2.85. The molecule has 110 valence electrons. The van der Waals surface area contributed by atoms with Crippen LogP contribution < -0.4 is 4.74 Å². The Morgan fingerprint density at radius 3 is 2.55 bits per heavy atom. The van der Waals surface area contributed by atoms with E-state index in [1.165, 1.54) is 16.9 Å². The van der Waals surface area contributed by atoms with Crippen LogP contribution in [0.3, 0.4) is 0 Å². The number of ether oxygens (including phenoxy) is 1. The van der Waals surface area contributed by atoms with Gasteiger partial charge in [0.2, 0.25) is 0 Å². The van der Waals surface area contributed by atoms with E-state index in [1.54, 1.807) is 12.1 Å². The van der Waals surface area contributed by atoms with Crippen LogP contribution in [0.15, 0.2) is 60.0 Å². The van der Waals surface area contributed by atoms with Crippen LogP contribution in [0, 0.1) is 6.92 Å². The molecule has 0 amide bonds. The molecule has 0 saturated heterocycles. The van der Waals surface area contributed by atoms with Gasteiger partial charge in [-0.15, -0.1) is 11.3 Å². The minimum absolute atomic E-state index is 0.178. The van der Waals surface area contributed by atoms with E-state index in [0.717, 1.165) is 16.3 Å². The normalized spacial score (nSPS) is 10.4. The number of esters is 1. The molecule has 0 unspecified atom stereocenters. The van der Waals surface area contributed by atoms with Crippen molar-refractivity contribution < 1.29 is 9.53 Å². The lowest BCUT2D eigenvalue weighted by Gasteiger charge is -2.02. The first-order valence-electron chi connectivity index (χ1n) is 6.98. The number of aryl methyl sites for hydroxylation is 1. The SMILES string of the molecule is Cc1ccc(-c2nc(CC(=O)Oc3ccccc3)cs2)cc1. The van der Waals surface area contributed by atoms with Crippen LogP contribution in [-0.4, -0.2) is 11.0 Å². The summed E-state index contributed by atoms with van der Waals surface area (Å²) in [6, 6.07) is 17.3. The molecule has 3 nitrogen and oxygen atoms in total. The molecule has 1 aromatic heterocycles. The summed E-state index contributed by atoms with van der Waals surface area (Å²) in [5, 5.41) is 2.82. The Kier molecular flexibility index (Phi) is 4.30. The van der Waals surface area contributed by atoms with Crippen molar-refractivity contribution in [2.75, 3.05) is 0 Å². The van der Waals surface area contributed by atoms with Gasteiger partial charge in [0, 0.05) is 10.9 Å². The third kappa shape index (κ3) is 3.59. The molecule has 0 aliphatic heterocycles. The number of rotatable bonds is 4.